The molecule has 0 spiro atoms. The number of halogens is 1. The van der Waals surface area contributed by atoms with Gasteiger partial charge in [0, 0.05) is 11.6 Å². The van der Waals surface area contributed by atoms with Crippen LogP contribution in [0.5, 0.6) is 0 Å². The van der Waals surface area contributed by atoms with Crippen molar-refractivity contribution in [2.45, 2.75) is 24.9 Å². The summed E-state index contributed by atoms with van der Waals surface area (Å²) in [4.78, 5) is 12.2. The summed E-state index contributed by atoms with van der Waals surface area (Å²) in [6.45, 7) is 1.86. The maximum Gasteiger partial charge on any atom is 0.240 e. The van der Waals surface area contributed by atoms with Crippen LogP contribution in [-0.2, 0) is 16.0 Å². The molecule has 1 aliphatic heterocycles. The Morgan fingerprint density at radius 1 is 1.47 bits per heavy atom. The second-order valence-corrected chi connectivity index (χ2v) is 5.46. The topological polar surface area (TPSA) is 50.4 Å². The summed E-state index contributed by atoms with van der Waals surface area (Å²) >= 11 is 5.98. The predicted molar refractivity (Wildman–Crippen MR) is 73.3 cm³/mol. The summed E-state index contributed by atoms with van der Waals surface area (Å²) < 4.78 is 5.31. The quantitative estimate of drug-likeness (QED) is 0.862. The van der Waals surface area contributed by atoms with E-state index in [0.29, 0.717) is 13.2 Å². The molecular formula is C14H17ClN2O2. The molecule has 1 heterocycles. The molecule has 0 bridgehead atoms. The first-order chi connectivity index (χ1) is 9.24. The number of aryl methyl sites for hydroxylation is 1. The maximum absolute atomic E-state index is 12.2. The lowest BCUT2D eigenvalue weighted by atomic mass is 10.1. The maximum atomic E-state index is 12.2. The first-order valence-electron chi connectivity index (χ1n) is 6.64. The van der Waals surface area contributed by atoms with E-state index in [0.717, 1.165) is 24.4 Å². The second kappa shape index (κ2) is 5.49. The molecule has 5 heteroatoms. The lowest BCUT2D eigenvalue weighted by Gasteiger charge is -2.25. The first kappa shape index (κ1) is 12.9. The first-order valence-corrected chi connectivity index (χ1v) is 7.01. The fourth-order valence-electron chi connectivity index (χ4n) is 2.74. The molecule has 19 heavy (non-hydrogen) atoms. The van der Waals surface area contributed by atoms with Gasteiger partial charge in [0.1, 0.15) is 6.04 Å². The minimum Gasteiger partial charge on any atom is -0.378 e. The average Bonchev–Trinajstić information content (AvgIpc) is 2.82. The SMILES string of the molecule is O=C(NC1CCc2cc(Cl)ccc21)C1COCCN1. The molecule has 1 aliphatic carbocycles. The largest absolute Gasteiger partial charge is 0.378 e. The van der Waals surface area contributed by atoms with Crippen LogP contribution in [-0.4, -0.2) is 31.7 Å². The number of rotatable bonds is 2. The lowest BCUT2D eigenvalue weighted by molar-refractivity contribution is -0.126. The van der Waals surface area contributed by atoms with Crippen molar-refractivity contribution >= 4 is 17.5 Å². The molecular weight excluding hydrogens is 264 g/mol. The highest BCUT2D eigenvalue weighted by Gasteiger charge is 2.28. The van der Waals surface area contributed by atoms with Crippen LogP contribution in [0, 0.1) is 0 Å². The Hall–Kier alpha value is -1.10. The number of fused-ring (bicyclic) bond motifs is 1. The third kappa shape index (κ3) is 2.76. The summed E-state index contributed by atoms with van der Waals surface area (Å²) in [6.07, 6.45) is 1.91. The smallest absolute Gasteiger partial charge is 0.240 e. The zero-order valence-electron chi connectivity index (χ0n) is 10.6. The molecule has 0 aromatic heterocycles. The van der Waals surface area contributed by atoms with E-state index >= 15 is 0 Å². The predicted octanol–water partition coefficient (Wildman–Crippen LogP) is 1.43. The van der Waals surface area contributed by atoms with Gasteiger partial charge < -0.3 is 15.4 Å². The molecule has 2 N–H and O–H groups in total. The van der Waals surface area contributed by atoms with E-state index in [1.165, 1.54) is 11.1 Å². The molecule has 1 amide bonds. The van der Waals surface area contributed by atoms with Crippen LogP contribution in [0.3, 0.4) is 0 Å². The number of hydrogen-bond donors (Lipinski definition) is 2. The van der Waals surface area contributed by atoms with Crippen LogP contribution in [0.1, 0.15) is 23.6 Å². The van der Waals surface area contributed by atoms with Gasteiger partial charge >= 0.3 is 0 Å². The van der Waals surface area contributed by atoms with E-state index in [4.69, 9.17) is 16.3 Å². The van der Waals surface area contributed by atoms with Crippen molar-refractivity contribution in [3.05, 3.63) is 34.3 Å². The highest BCUT2D eigenvalue weighted by Crippen LogP contribution is 2.32. The molecule has 4 nitrogen and oxygen atoms in total. The van der Waals surface area contributed by atoms with Gasteiger partial charge in [0.2, 0.25) is 5.91 Å². The van der Waals surface area contributed by atoms with Crippen LogP contribution in [0.2, 0.25) is 5.02 Å². The van der Waals surface area contributed by atoms with Crippen LogP contribution in [0.25, 0.3) is 0 Å². The van der Waals surface area contributed by atoms with E-state index in [-0.39, 0.29) is 18.0 Å². The van der Waals surface area contributed by atoms with Crippen molar-refractivity contribution in [3.8, 4) is 0 Å². The van der Waals surface area contributed by atoms with Crippen molar-refractivity contribution in [1.29, 1.82) is 0 Å². The zero-order chi connectivity index (χ0) is 13.2. The Bertz CT molecular complexity index is 486. The van der Waals surface area contributed by atoms with Gasteiger partial charge in [0.25, 0.3) is 0 Å². The summed E-state index contributed by atoms with van der Waals surface area (Å²) in [5.74, 6) is 0.0208. The number of benzene rings is 1. The van der Waals surface area contributed by atoms with Crippen molar-refractivity contribution in [2.24, 2.45) is 0 Å². The van der Waals surface area contributed by atoms with E-state index in [1.54, 1.807) is 0 Å². The highest BCUT2D eigenvalue weighted by molar-refractivity contribution is 6.30. The molecule has 0 saturated carbocycles. The molecule has 1 aromatic carbocycles. The number of nitrogens with one attached hydrogen (secondary N) is 2. The number of amides is 1. The van der Waals surface area contributed by atoms with Gasteiger partial charge in [-0.3, -0.25) is 4.79 Å². The van der Waals surface area contributed by atoms with Crippen LogP contribution < -0.4 is 10.6 Å². The van der Waals surface area contributed by atoms with E-state index in [1.807, 2.05) is 18.2 Å². The summed E-state index contributed by atoms with van der Waals surface area (Å²) in [6, 6.07) is 5.76. The number of ether oxygens (including phenoxy) is 1. The Morgan fingerprint density at radius 2 is 2.37 bits per heavy atom. The van der Waals surface area contributed by atoms with Crippen LogP contribution >= 0.6 is 11.6 Å². The molecule has 2 unspecified atom stereocenters. The third-order valence-corrected chi connectivity index (χ3v) is 3.97. The molecule has 2 atom stereocenters. The minimum absolute atomic E-state index is 0.0208. The third-order valence-electron chi connectivity index (χ3n) is 3.74. The molecule has 102 valence electrons. The fraction of sp³-hybridized carbons (Fsp3) is 0.500. The van der Waals surface area contributed by atoms with Gasteiger partial charge in [-0.25, -0.2) is 0 Å². The molecule has 3 rings (SSSR count). The van der Waals surface area contributed by atoms with E-state index < -0.39 is 0 Å². The Kier molecular flexibility index (Phi) is 3.73. The standard InChI is InChI=1S/C14H17ClN2O2/c15-10-2-3-11-9(7-10)1-4-12(11)17-14(18)13-8-19-6-5-16-13/h2-3,7,12-13,16H,1,4-6,8H2,(H,17,18). The summed E-state index contributed by atoms with van der Waals surface area (Å²) in [5, 5.41) is 7.02. The van der Waals surface area contributed by atoms with Crippen molar-refractivity contribution in [1.82, 2.24) is 10.6 Å². The summed E-state index contributed by atoms with van der Waals surface area (Å²) in [5.41, 5.74) is 2.43. The van der Waals surface area contributed by atoms with Crippen molar-refractivity contribution in [3.63, 3.8) is 0 Å². The zero-order valence-corrected chi connectivity index (χ0v) is 11.4. The van der Waals surface area contributed by atoms with Crippen LogP contribution in [0.15, 0.2) is 18.2 Å². The Morgan fingerprint density at radius 3 is 3.16 bits per heavy atom. The van der Waals surface area contributed by atoms with Crippen LogP contribution in [0.4, 0.5) is 0 Å². The Labute approximate surface area is 117 Å². The number of carbonyl (C=O) groups excluding carboxylic acids is 1. The number of hydrogen-bond acceptors (Lipinski definition) is 3. The van der Waals surface area contributed by atoms with Gasteiger partial charge in [0.05, 0.1) is 19.3 Å². The fourth-order valence-corrected chi connectivity index (χ4v) is 2.94. The van der Waals surface area contributed by atoms with Gasteiger partial charge in [-0.1, -0.05) is 17.7 Å². The van der Waals surface area contributed by atoms with E-state index in [2.05, 4.69) is 10.6 Å². The number of morpholine rings is 1. The molecule has 1 saturated heterocycles. The monoisotopic (exact) mass is 280 g/mol. The lowest BCUT2D eigenvalue weighted by Crippen LogP contribution is -2.51. The van der Waals surface area contributed by atoms with E-state index in [9.17, 15) is 4.79 Å². The molecule has 0 radical (unpaired) electrons. The van der Waals surface area contributed by atoms with Gasteiger partial charge in [-0.2, -0.15) is 0 Å². The summed E-state index contributed by atoms with van der Waals surface area (Å²) in [7, 11) is 0. The highest BCUT2D eigenvalue weighted by atomic mass is 35.5. The van der Waals surface area contributed by atoms with Gasteiger partial charge in [-0.15, -0.1) is 0 Å². The Balaban J connectivity index is 1.67. The molecule has 2 aliphatic rings. The van der Waals surface area contributed by atoms with Crippen molar-refractivity contribution in [2.75, 3.05) is 19.8 Å². The normalized spacial score (nSPS) is 25.9. The molecule has 1 aromatic rings. The van der Waals surface area contributed by atoms with Crippen molar-refractivity contribution < 1.29 is 9.53 Å². The average molecular weight is 281 g/mol. The number of carbonyl (C=O) groups is 1. The second-order valence-electron chi connectivity index (χ2n) is 5.02. The molecule has 1 fully saturated rings. The van der Waals surface area contributed by atoms with Gasteiger partial charge in [-0.05, 0) is 36.1 Å². The van der Waals surface area contributed by atoms with Gasteiger partial charge in [0.15, 0.2) is 0 Å². The minimum atomic E-state index is -0.231.